The highest BCUT2D eigenvalue weighted by Crippen LogP contribution is 2.60. The molecule has 0 radical (unpaired) electrons. The van der Waals surface area contributed by atoms with E-state index in [-0.39, 0.29) is 27.7 Å². The van der Waals surface area contributed by atoms with Crippen molar-refractivity contribution in [1.29, 1.82) is 0 Å². The van der Waals surface area contributed by atoms with E-state index in [0.29, 0.717) is 29.1 Å². The summed E-state index contributed by atoms with van der Waals surface area (Å²) in [5.74, 6) is 0.680. The second-order valence-corrected chi connectivity index (χ2v) is 10.3. The first kappa shape index (κ1) is 20.7. The molecule has 3 aromatic rings. The largest absolute Gasteiger partial charge is 0.478 e. The number of hydrogen-bond acceptors (Lipinski definition) is 3. The second-order valence-electron chi connectivity index (χ2n) is 10.3. The van der Waals surface area contributed by atoms with Crippen molar-refractivity contribution in [3.8, 4) is 5.69 Å². The lowest BCUT2D eigenvalue weighted by Gasteiger charge is -2.56. The Kier molecular flexibility index (Phi) is 4.27. The van der Waals surface area contributed by atoms with Crippen LogP contribution in [0.2, 0.25) is 0 Å². The van der Waals surface area contributed by atoms with E-state index in [1.165, 1.54) is 42.1 Å². The smallest absolute Gasteiger partial charge is 0.417 e. The van der Waals surface area contributed by atoms with Gasteiger partial charge in [0.25, 0.3) is 0 Å². The Labute approximate surface area is 188 Å². The van der Waals surface area contributed by atoms with Crippen LogP contribution in [0.25, 0.3) is 16.7 Å². The summed E-state index contributed by atoms with van der Waals surface area (Å²) >= 11 is 0. The maximum atomic E-state index is 14.3. The molecule has 4 fully saturated rings. The SMILES string of the molecule is Cc1nn(-c2ccc(C(=O)O)cc2)c2nc(C34CC5CC(CC(C5)C3)C4)cc(C(F)(F)F)c12. The highest BCUT2D eigenvalue weighted by Gasteiger charge is 2.53. The van der Waals surface area contributed by atoms with E-state index >= 15 is 0 Å². The second kappa shape index (κ2) is 6.81. The summed E-state index contributed by atoms with van der Waals surface area (Å²) in [7, 11) is 0. The van der Waals surface area contributed by atoms with Crippen LogP contribution < -0.4 is 0 Å². The quantitative estimate of drug-likeness (QED) is 0.533. The van der Waals surface area contributed by atoms with Gasteiger partial charge >= 0.3 is 12.1 Å². The molecule has 0 unspecified atom stereocenters. The van der Waals surface area contributed by atoms with Gasteiger partial charge in [0.05, 0.1) is 27.9 Å². The Morgan fingerprint density at radius 3 is 2.15 bits per heavy atom. The van der Waals surface area contributed by atoms with Gasteiger partial charge in [0.1, 0.15) is 0 Å². The van der Waals surface area contributed by atoms with Crippen LogP contribution in [0, 0.1) is 24.7 Å². The van der Waals surface area contributed by atoms with Gasteiger partial charge in [0.2, 0.25) is 0 Å². The fourth-order valence-corrected chi connectivity index (χ4v) is 7.13. The highest BCUT2D eigenvalue weighted by molar-refractivity contribution is 5.88. The number of nitrogens with zero attached hydrogens (tertiary/aromatic N) is 3. The topological polar surface area (TPSA) is 68.0 Å². The Bertz CT molecular complexity index is 1240. The summed E-state index contributed by atoms with van der Waals surface area (Å²) in [5.41, 5.74) is 0.611. The highest BCUT2D eigenvalue weighted by atomic mass is 19.4. The van der Waals surface area contributed by atoms with Gasteiger partial charge in [-0.05, 0) is 93.5 Å². The van der Waals surface area contributed by atoms with Crippen molar-refractivity contribution in [2.24, 2.45) is 17.8 Å². The molecule has 1 aromatic carbocycles. The van der Waals surface area contributed by atoms with Gasteiger partial charge in [-0.1, -0.05) is 0 Å². The van der Waals surface area contributed by atoms with Crippen LogP contribution in [0.5, 0.6) is 0 Å². The molecular weight excluding hydrogens is 431 g/mol. The third-order valence-electron chi connectivity index (χ3n) is 8.06. The lowest BCUT2D eigenvalue weighted by molar-refractivity contribution is -0.136. The van der Waals surface area contributed by atoms with Crippen molar-refractivity contribution in [3.05, 3.63) is 52.8 Å². The van der Waals surface area contributed by atoms with E-state index in [1.807, 2.05) is 0 Å². The van der Waals surface area contributed by atoms with Crippen LogP contribution in [0.15, 0.2) is 30.3 Å². The molecule has 0 atom stereocenters. The molecule has 0 spiro atoms. The van der Waals surface area contributed by atoms with Crippen LogP contribution in [-0.2, 0) is 11.6 Å². The molecule has 2 aromatic heterocycles. The number of carboxylic acid groups (broad SMARTS) is 1. The van der Waals surface area contributed by atoms with E-state index in [2.05, 4.69) is 5.10 Å². The Balaban J connectivity index is 1.56. The summed E-state index contributed by atoms with van der Waals surface area (Å²) in [5, 5.41) is 13.6. The number of fused-ring (bicyclic) bond motifs is 1. The number of hydrogen-bond donors (Lipinski definition) is 1. The van der Waals surface area contributed by atoms with Crippen LogP contribution >= 0.6 is 0 Å². The van der Waals surface area contributed by atoms with E-state index in [4.69, 9.17) is 4.98 Å². The monoisotopic (exact) mass is 455 g/mol. The van der Waals surface area contributed by atoms with Crippen molar-refractivity contribution in [3.63, 3.8) is 0 Å². The summed E-state index contributed by atoms with van der Waals surface area (Å²) in [4.78, 5) is 16.1. The van der Waals surface area contributed by atoms with E-state index in [1.54, 1.807) is 19.1 Å². The van der Waals surface area contributed by atoms with E-state index in [0.717, 1.165) is 19.3 Å². The standard InChI is InChI=1S/C25H24F3N3O2/c1-13-21-19(25(26,27)28)9-20(24-10-14-6-15(11-24)8-16(7-14)12-24)29-22(21)31(30-13)18-4-2-17(3-5-18)23(32)33/h2-5,9,14-16H,6-8,10-12H2,1H3,(H,32,33). The van der Waals surface area contributed by atoms with Gasteiger partial charge in [-0.25, -0.2) is 14.5 Å². The lowest BCUT2D eigenvalue weighted by Crippen LogP contribution is -2.49. The average Bonchev–Trinajstić information content (AvgIpc) is 3.08. The number of aryl methyl sites for hydroxylation is 1. The Morgan fingerprint density at radius 2 is 1.64 bits per heavy atom. The zero-order valence-corrected chi connectivity index (χ0v) is 18.2. The number of halogens is 3. The Morgan fingerprint density at radius 1 is 1.06 bits per heavy atom. The molecule has 7 rings (SSSR count). The Hall–Kier alpha value is -2.90. The van der Waals surface area contributed by atoms with Gasteiger partial charge in [0.15, 0.2) is 5.65 Å². The molecule has 172 valence electrons. The molecule has 33 heavy (non-hydrogen) atoms. The van der Waals surface area contributed by atoms with Crippen LogP contribution in [0.4, 0.5) is 13.2 Å². The normalized spacial score (nSPS) is 28.5. The van der Waals surface area contributed by atoms with Crippen molar-refractivity contribution in [2.75, 3.05) is 0 Å². The molecule has 0 amide bonds. The van der Waals surface area contributed by atoms with Gasteiger partial charge in [0, 0.05) is 11.1 Å². The summed E-state index contributed by atoms with van der Waals surface area (Å²) in [6.07, 6.45) is 1.80. The molecular formula is C25H24F3N3O2. The molecule has 0 aliphatic heterocycles. The predicted octanol–water partition coefficient (Wildman–Crippen LogP) is 5.91. The van der Waals surface area contributed by atoms with Gasteiger partial charge in [-0.3, -0.25) is 0 Å². The molecule has 4 bridgehead atoms. The maximum Gasteiger partial charge on any atom is 0.417 e. The number of aromatic carboxylic acids is 1. The van der Waals surface area contributed by atoms with Gasteiger partial charge in [-0.15, -0.1) is 0 Å². The van der Waals surface area contributed by atoms with E-state index in [9.17, 15) is 23.1 Å². The molecule has 5 nitrogen and oxygen atoms in total. The minimum absolute atomic E-state index is 0.0123. The third kappa shape index (κ3) is 3.17. The average molecular weight is 455 g/mol. The summed E-state index contributed by atoms with van der Waals surface area (Å²) in [6, 6.07) is 7.26. The first-order chi connectivity index (χ1) is 15.6. The molecule has 1 N–H and O–H groups in total. The number of rotatable bonds is 3. The van der Waals surface area contributed by atoms with Crippen LogP contribution in [0.3, 0.4) is 0 Å². The third-order valence-corrected chi connectivity index (χ3v) is 8.06. The number of carbonyl (C=O) groups is 1. The number of pyridine rings is 1. The maximum absolute atomic E-state index is 14.3. The molecule has 0 saturated heterocycles. The van der Waals surface area contributed by atoms with E-state index < -0.39 is 17.7 Å². The molecule has 4 aliphatic carbocycles. The molecule has 4 saturated carbocycles. The van der Waals surface area contributed by atoms with Crippen LogP contribution in [0.1, 0.15) is 65.8 Å². The van der Waals surface area contributed by atoms with Crippen molar-refractivity contribution in [1.82, 2.24) is 14.8 Å². The fraction of sp³-hybridized carbons (Fsp3) is 0.480. The first-order valence-electron chi connectivity index (χ1n) is 11.4. The van der Waals surface area contributed by atoms with Gasteiger partial charge < -0.3 is 5.11 Å². The molecule has 4 aliphatic rings. The number of alkyl halides is 3. The molecule has 8 heteroatoms. The van der Waals surface area contributed by atoms with Crippen molar-refractivity contribution in [2.45, 2.75) is 57.0 Å². The zero-order valence-electron chi connectivity index (χ0n) is 18.2. The van der Waals surface area contributed by atoms with Crippen molar-refractivity contribution >= 4 is 17.0 Å². The first-order valence-corrected chi connectivity index (χ1v) is 11.4. The number of benzene rings is 1. The lowest BCUT2D eigenvalue weighted by atomic mass is 9.48. The molecule has 2 heterocycles. The summed E-state index contributed by atoms with van der Waals surface area (Å²) < 4.78 is 44.2. The van der Waals surface area contributed by atoms with Gasteiger partial charge in [-0.2, -0.15) is 18.3 Å². The van der Waals surface area contributed by atoms with Crippen molar-refractivity contribution < 1.29 is 23.1 Å². The minimum Gasteiger partial charge on any atom is -0.478 e. The summed E-state index contributed by atoms with van der Waals surface area (Å²) in [6.45, 7) is 1.56. The zero-order chi connectivity index (χ0) is 23.1. The fourth-order valence-electron chi connectivity index (χ4n) is 7.13. The minimum atomic E-state index is -4.52. The predicted molar refractivity (Wildman–Crippen MR) is 115 cm³/mol. The number of carboxylic acids is 1. The number of aromatic nitrogens is 3. The van der Waals surface area contributed by atoms with Crippen LogP contribution in [-0.4, -0.2) is 25.8 Å².